The molecule has 1 saturated heterocycles. The average Bonchev–Trinajstić information content (AvgIpc) is 3.21. The fourth-order valence-corrected chi connectivity index (χ4v) is 3.85. The van der Waals surface area contributed by atoms with Gasteiger partial charge >= 0.3 is 6.03 Å². The van der Waals surface area contributed by atoms with Crippen LogP contribution in [0.25, 0.3) is 0 Å². The summed E-state index contributed by atoms with van der Waals surface area (Å²) >= 11 is 0. The fourth-order valence-electron chi connectivity index (χ4n) is 3.85. The van der Waals surface area contributed by atoms with Gasteiger partial charge in [-0.05, 0) is 41.8 Å². The van der Waals surface area contributed by atoms with Crippen molar-refractivity contribution >= 4 is 17.6 Å². The predicted molar refractivity (Wildman–Crippen MR) is 124 cm³/mol. The Morgan fingerprint density at radius 1 is 1.20 bits per heavy atom. The standard InChI is InChI=1S/C25H25FN4O5/c26-19-3-1-2-16(9-19)8-18-11-27-30(12-18)25(32)29-22-15-35-23-5-4-20(10-21(23)28-24(22)31)34-7-6-17-13-33-14-17/h1-5,9-12,17,22H,6-8,13-15H2,(H,28,31)(H,29,32)/t22-/m0/s1. The first-order valence-electron chi connectivity index (χ1n) is 11.4. The van der Waals surface area contributed by atoms with Crippen LogP contribution in [-0.2, 0) is 16.0 Å². The van der Waals surface area contributed by atoms with E-state index in [4.69, 9.17) is 14.2 Å². The van der Waals surface area contributed by atoms with Crippen molar-refractivity contribution in [1.82, 2.24) is 15.1 Å². The van der Waals surface area contributed by atoms with Crippen molar-refractivity contribution in [2.45, 2.75) is 18.9 Å². The highest BCUT2D eigenvalue weighted by molar-refractivity contribution is 5.99. The molecule has 2 aliphatic heterocycles. The number of hydrogen-bond donors (Lipinski definition) is 2. The Hall–Kier alpha value is -3.92. The van der Waals surface area contributed by atoms with Crippen molar-refractivity contribution < 1.29 is 28.2 Å². The lowest BCUT2D eigenvalue weighted by atomic mass is 10.1. The van der Waals surface area contributed by atoms with E-state index >= 15 is 0 Å². The maximum absolute atomic E-state index is 13.4. The number of amides is 2. The first-order valence-corrected chi connectivity index (χ1v) is 11.4. The van der Waals surface area contributed by atoms with E-state index in [-0.39, 0.29) is 12.4 Å². The third-order valence-electron chi connectivity index (χ3n) is 5.87. The van der Waals surface area contributed by atoms with Gasteiger partial charge < -0.3 is 24.8 Å². The summed E-state index contributed by atoms with van der Waals surface area (Å²) in [5.41, 5.74) is 1.98. The number of anilines is 1. The van der Waals surface area contributed by atoms with E-state index in [0.29, 0.717) is 36.1 Å². The minimum absolute atomic E-state index is 0.0378. The van der Waals surface area contributed by atoms with Crippen LogP contribution in [0.3, 0.4) is 0 Å². The van der Waals surface area contributed by atoms with Crippen molar-refractivity contribution in [2.24, 2.45) is 5.92 Å². The van der Waals surface area contributed by atoms with Crippen molar-refractivity contribution in [3.8, 4) is 11.5 Å². The van der Waals surface area contributed by atoms with Crippen LogP contribution in [0.5, 0.6) is 11.5 Å². The predicted octanol–water partition coefficient (Wildman–Crippen LogP) is 2.99. The molecule has 182 valence electrons. The second kappa shape index (κ2) is 10.1. The molecule has 0 bridgehead atoms. The molecular formula is C25H25FN4O5. The Labute approximate surface area is 201 Å². The minimum atomic E-state index is -0.922. The number of carbonyl (C=O) groups is 2. The SMILES string of the molecule is O=C1Nc2cc(OCCC3COC3)ccc2OC[C@@H]1NC(=O)n1cc(Cc2cccc(F)c2)cn1. The summed E-state index contributed by atoms with van der Waals surface area (Å²) in [5, 5.41) is 9.50. The van der Waals surface area contributed by atoms with Gasteiger partial charge in [-0.1, -0.05) is 12.1 Å². The van der Waals surface area contributed by atoms with Gasteiger partial charge in [0, 0.05) is 24.6 Å². The second-order valence-electron chi connectivity index (χ2n) is 8.60. The van der Waals surface area contributed by atoms with E-state index in [1.54, 1.807) is 36.5 Å². The van der Waals surface area contributed by atoms with Crippen LogP contribution in [0, 0.1) is 11.7 Å². The molecule has 0 unspecified atom stereocenters. The fraction of sp³-hybridized carbons (Fsp3) is 0.320. The molecule has 0 aliphatic carbocycles. The Bertz CT molecular complexity index is 1230. The average molecular weight is 480 g/mol. The van der Waals surface area contributed by atoms with Crippen LogP contribution in [0.4, 0.5) is 14.9 Å². The molecule has 2 N–H and O–H groups in total. The van der Waals surface area contributed by atoms with Crippen molar-refractivity contribution in [2.75, 3.05) is 31.7 Å². The van der Waals surface area contributed by atoms with Crippen molar-refractivity contribution in [3.63, 3.8) is 0 Å². The van der Waals surface area contributed by atoms with Gasteiger partial charge in [0.2, 0.25) is 0 Å². The number of aromatic nitrogens is 2. The Balaban J connectivity index is 1.17. The summed E-state index contributed by atoms with van der Waals surface area (Å²) in [5.74, 6) is 0.919. The lowest BCUT2D eigenvalue weighted by Gasteiger charge is -2.25. The Morgan fingerprint density at radius 3 is 2.89 bits per heavy atom. The lowest BCUT2D eigenvalue weighted by Crippen LogP contribution is -2.47. The summed E-state index contributed by atoms with van der Waals surface area (Å²) in [7, 11) is 0. The van der Waals surface area contributed by atoms with Gasteiger partial charge in [0.1, 0.15) is 30.0 Å². The molecule has 5 rings (SSSR count). The van der Waals surface area contributed by atoms with E-state index in [2.05, 4.69) is 15.7 Å². The molecule has 35 heavy (non-hydrogen) atoms. The van der Waals surface area contributed by atoms with E-state index in [1.165, 1.54) is 18.3 Å². The molecule has 1 aromatic heterocycles. The maximum atomic E-state index is 13.4. The number of fused-ring (bicyclic) bond motifs is 1. The topological polar surface area (TPSA) is 104 Å². The van der Waals surface area contributed by atoms with Gasteiger partial charge in [-0.3, -0.25) is 4.79 Å². The van der Waals surface area contributed by atoms with Gasteiger partial charge in [0.25, 0.3) is 5.91 Å². The monoisotopic (exact) mass is 480 g/mol. The van der Waals surface area contributed by atoms with Crippen molar-refractivity contribution in [1.29, 1.82) is 0 Å². The van der Waals surface area contributed by atoms with Crippen LogP contribution < -0.4 is 20.1 Å². The van der Waals surface area contributed by atoms with E-state index < -0.39 is 18.0 Å². The molecule has 10 heteroatoms. The molecule has 2 aliphatic rings. The molecule has 0 spiro atoms. The molecule has 2 amide bonds. The minimum Gasteiger partial charge on any atom is -0.494 e. The highest BCUT2D eigenvalue weighted by atomic mass is 19.1. The molecule has 1 atom stereocenters. The number of nitrogens with zero attached hydrogens (tertiary/aromatic N) is 2. The zero-order chi connectivity index (χ0) is 24.2. The molecule has 1 fully saturated rings. The maximum Gasteiger partial charge on any atom is 0.342 e. The van der Waals surface area contributed by atoms with Gasteiger partial charge in [0.15, 0.2) is 0 Å². The number of nitrogens with one attached hydrogen (secondary N) is 2. The highest BCUT2D eigenvalue weighted by Gasteiger charge is 2.27. The molecule has 0 saturated carbocycles. The molecule has 2 aromatic carbocycles. The highest BCUT2D eigenvalue weighted by Crippen LogP contribution is 2.31. The zero-order valence-corrected chi connectivity index (χ0v) is 18.9. The summed E-state index contributed by atoms with van der Waals surface area (Å²) in [6.07, 6.45) is 4.41. The van der Waals surface area contributed by atoms with Crippen molar-refractivity contribution in [3.05, 3.63) is 71.8 Å². The second-order valence-corrected chi connectivity index (χ2v) is 8.60. The smallest absolute Gasteiger partial charge is 0.342 e. The van der Waals surface area contributed by atoms with Gasteiger partial charge in [-0.15, -0.1) is 0 Å². The van der Waals surface area contributed by atoms with Gasteiger partial charge in [-0.2, -0.15) is 9.78 Å². The van der Waals surface area contributed by atoms with Crippen LogP contribution in [0.15, 0.2) is 54.9 Å². The summed E-state index contributed by atoms with van der Waals surface area (Å²) in [6.45, 7) is 2.07. The molecule has 9 nitrogen and oxygen atoms in total. The molecule has 3 heterocycles. The third-order valence-corrected chi connectivity index (χ3v) is 5.87. The van der Waals surface area contributed by atoms with Crippen LogP contribution in [-0.4, -0.2) is 54.2 Å². The Kier molecular flexibility index (Phi) is 6.62. The van der Waals surface area contributed by atoms with Crippen LogP contribution in [0.1, 0.15) is 17.5 Å². The number of ether oxygens (including phenoxy) is 3. The van der Waals surface area contributed by atoms with Gasteiger partial charge in [0.05, 0.1) is 31.7 Å². The summed E-state index contributed by atoms with van der Waals surface area (Å²) in [6, 6.07) is 9.96. The zero-order valence-electron chi connectivity index (χ0n) is 18.9. The number of benzene rings is 2. The van der Waals surface area contributed by atoms with E-state index in [0.717, 1.165) is 35.4 Å². The molecular weight excluding hydrogens is 455 g/mol. The molecule has 0 radical (unpaired) electrons. The first-order chi connectivity index (χ1) is 17.0. The first kappa shape index (κ1) is 22.9. The normalized spacial score (nSPS) is 17.4. The van der Waals surface area contributed by atoms with Crippen LogP contribution in [0.2, 0.25) is 0 Å². The lowest BCUT2D eigenvalue weighted by molar-refractivity contribution is -0.118. The Morgan fingerprint density at radius 2 is 2.09 bits per heavy atom. The van der Waals surface area contributed by atoms with E-state index in [9.17, 15) is 14.0 Å². The molecule has 3 aromatic rings. The number of rotatable bonds is 7. The van der Waals surface area contributed by atoms with Gasteiger partial charge in [-0.25, -0.2) is 9.18 Å². The number of halogens is 1. The van der Waals surface area contributed by atoms with Crippen LogP contribution >= 0.6 is 0 Å². The van der Waals surface area contributed by atoms with E-state index in [1.807, 2.05) is 0 Å². The number of hydrogen-bond acceptors (Lipinski definition) is 6. The third kappa shape index (κ3) is 5.60. The summed E-state index contributed by atoms with van der Waals surface area (Å²) < 4.78 is 31.2. The summed E-state index contributed by atoms with van der Waals surface area (Å²) in [4.78, 5) is 25.4. The largest absolute Gasteiger partial charge is 0.494 e. The number of carbonyl (C=O) groups excluding carboxylic acids is 2. The quantitative estimate of drug-likeness (QED) is 0.539.